The lowest BCUT2D eigenvalue weighted by Gasteiger charge is -2.21. The second-order valence-corrected chi connectivity index (χ2v) is 8.37. The summed E-state index contributed by atoms with van der Waals surface area (Å²) < 4.78 is 10.6. The summed E-state index contributed by atoms with van der Waals surface area (Å²) in [4.78, 5) is 24.1. The molecule has 0 radical (unpaired) electrons. The third kappa shape index (κ3) is 5.13. The Bertz CT molecular complexity index is 1180. The Labute approximate surface area is 203 Å². The zero-order valence-corrected chi connectivity index (χ0v) is 19.3. The topological polar surface area (TPSA) is 131 Å². The summed E-state index contributed by atoms with van der Waals surface area (Å²) >= 11 is 0. The Hall–Kier alpha value is -3.88. The van der Waals surface area contributed by atoms with Crippen LogP contribution in [0.3, 0.4) is 0 Å². The number of primary amides is 1. The van der Waals surface area contributed by atoms with E-state index >= 15 is 0 Å². The van der Waals surface area contributed by atoms with Crippen LogP contribution in [0.5, 0.6) is 5.75 Å². The number of nitrogens with two attached hydrogens (primary N) is 1. The van der Waals surface area contributed by atoms with Gasteiger partial charge in [0.05, 0.1) is 13.2 Å². The molecule has 1 aliphatic carbocycles. The van der Waals surface area contributed by atoms with Gasteiger partial charge in [-0.3, -0.25) is 4.79 Å². The van der Waals surface area contributed by atoms with Crippen LogP contribution in [0.1, 0.15) is 45.5 Å². The van der Waals surface area contributed by atoms with Gasteiger partial charge in [0.2, 0.25) is 5.91 Å². The maximum atomic E-state index is 12.3. The number of hydrogen-bond acceptors (Lipinski definition) is 6. The highest BCUT2D eigenvalue weighted by Crippen LogP contribution is 2.44. The van der Waals surface area contributed by atoms with Crippen LogP contribution in [0.2, 0.25) is 0 Å². The van der Waals surface area contributed by atoms with Gasteiger partial charge in [-0.15, -0.1) is 0 Å². The van der Waals surface area contributed by atoms with Crippen molar-refractivity contribution in [3.8, 4) is 16.9 Å². The van der Waals surface area contributed by atoms with Crippen molar-refractivity contribution in [1.82, 2.24) is 5.32 Å². The molecule has 0 aromatic heterocycles. The minimum Gasteiger partial charge on any atom is -0.497 e. The highest BCUT2D eigenvalue weighted by molar-refractivity contribution is 5.95. The van der Waals surface area contributed by atoms with Crippen LogP contribution in [-0.4, -0.2) is 48.6 Å². The van der Waals surface area contributed by atoms with E-state index in [0.29, 0.717) is 5.75 Å². The van der Waals surface area contributed by atoms with E-state index < -0.39 is 24.2 Å². The first-order valence-electron chi connectivity index (χ1n) is 11.3. The summed E-state index contributed by atoms with van der Waals surface area (Å²) in [6.07, 6.45) is -3.19. The van der Waals surface area contributed by atoms with E-state index in [1.165, 1.54) is 19.2 Å². The van der Waals surface area contributed by atoms with E-state index in [1.807, 2.05) is 36.4 Å². The normalized spacial score (nSPS) is 13.9. The number of fused-ring (bicyclic) bond motifs is 3. The average Bonchev–Trinajstić information content (AvgIpc) is 3.20. The zero-order chi connectivity index (χ0) is 24.9. The molecule has 5 N–H and O–H groups in total. The first kappa shape index (κ1) is 24.3. The van der Waals surface area contributed by atoms with Gasteiger partial charge in [0, 0.05) is 18.0 Å². The van der Waals surface area contributed by atoms with E-state index in [9.17, 15) is 19.8 Å². The highest BCUT2D eigenvalue weighted by Gasteiger charge is 2.29. The molecule has 0 bridgehead atoms. The van der Waals surface area contributed by atoms with Gasteiger partial charge in [0.25, 0.3) is 0 Å². The molecule has 3 aromatic carbocycles. The number of carbonyl (C=O) groups excluding carboxylic acids is 2. The number of alkyl carbamates (subject to hydrolysis) is 1. The summed E-state index contributed by atoms with van der Waals surface area (Å²) in [6, 6.07) is 20.6. The van der Waals surface area contributed by atoms with Gasteiger partial charge in [-0.05, 0) is 46.4 Å². The Balaban J connectivity index is 1.31. The number of nitrogens with one attached hydrogen (secondary N) is 1. The van der Waals surface area contributed by atoms with Gasteiger partial charge in [-0.1, -0.05) is 54.6 Å². The number of benzene rings is 3. The van der Waals surface area contributed by atoms with Crippen molar-refractivity contribution in [2.75, 3.05) is 20.3 Å². The molecule has 1 aliphatic rings. The number of aliphatic hydroxyl groups is 2. The van der Waals surface area contributed by atoms with Crippen molar-refractivity contribution in [3.05, 3.63) is 89.0 Å². The summed E-state index contributed by atoms with van der Waals surface area (Å²) in [6.45, 7) is 0.246. The SMILES string of the molecule is COc1ccc(C(O)C(O)CCNC(=O)OCC2c3ccccc3-c3ccccc32)c(C(N)=O)c1. The monoisotopic (exact) mass is 476 g/mol. The third-order valence-corrected chi connectivity index (χ3v) is 6.26. The van der Waals surface area contributed by atoms with Gasteiger partial charge in [-0.25, -0.2) is 4.79 Å². The number of carbonyl (C=O) groups is 2. The fourth-order valence-corrected chi connectivity index (χ4v) is 4.47. The molecule has 0 spiro atoms. The van der Waals surface area contributed by atoms with Gasteiger partial charge in [0.1, 0.15) is 18.5 Å². The molecule has 2 unspecified atom stereocenters. The number of rotatable bonds is 9. The van der Waals surface area contributed by atoms with E-state index in [2.05, 4.69) is 17.4 Å². The summed E-state index contributed by atoms with van der Waals surface area (Å²) in [5, 5.41) is 23.6. The van der Waals surface area contributed by atoms with Crippen molar-refractivity contribution < 1.29 is 29.3 Å². The van der Waals surface area contributed by atoms with E-state index in [4.69, 9.17) is 15.2 Å². The van der Waals surface area contributed by atoms with Crippen molar-refractivity contribution in [3.63, 3.8) is 0 Å². The lowest BCUT2D eigenvalue weighted by Crippen LogP contribution is -2.31. The first-order valence-corrected chi connectivity index (χ1v) is 11.3. The second kappa shape index (κ2) is 10.6. The van der Waals surface area contributed by atoms with E-state index in [1.54, 1.807) is 6.07 Å². The number of amides is 2. The number of aliphatic hydroxyl groups excluding tert-OH is 2. The molecular formula is C27H28N2O6. The zero-order valence-electron chi connectivity index (χ0n) is 19.3. The average molecular weight is 477 g/mol. The molecule has 0 saturated carbocycles. The summed E-state index contributed by atoms with van der Waals surface area (Å²) in [7, 11) is 1.44. The number of hydrogen-bond donors (Lipinski definition) is 4. The number of methoxy groups -OCH3 is 1. The molecule has 2 atom stereocenters. The Morgan fingerprint density at radius 2 is 1.63 bits per heavy atom. The molecular weight excluding hydrogens is 448 g/mol. The minimum absolute atomic E-state index is 0.0373. The molecule has 0 aliphatic heterocycles. The van der Waals surface area contributed by atoms with E-state index in [0.717, 1.165) is 22.3 Å². The second-order valence-electron chi connectivity index (χ2n) is 8.37. The predicted octanol–water partition coefficient (Wildman–Crippen LogP) is 3.12. The van der Waals surface area contributed by atoms with Crippen molar-refractivity contribution in [2.24, 2.45) is 5.73 Å². The molecule has 2 amide bonds. The van der Waals surface area contributed by atoms with Gasteiger partial charge in [-0.2, -0.15) is 0 Å². The predicted molar refractivity (Wildman–Crippen MR) is 130 cm³/mol. The molecule has 8 nitrogen and oxygen atoms in total. The van der Waals surface area contributed by atoms with E-state index in [-0.39, 0.29) is 36.6 Å². The lowest BCUT2D eigenvalue weighted by atomic mass is 9.96. The largest absolute Gasteiger partial charge is 0.497 e. The van der Waals surface area contributed by atoms with Crippen LogP contribution in [0.25, 0.3) is 11.1 Å². The van der Waals surface area contributed by atoms with Crippen LogP contribution in [0.4, 0.5) is 4.79 Å². The molecule has 3 aromatic rings. The van der Waals surface area contributed by atoms with Gasteiger partial charge in [0.15, 0.2) is 0 Å². The Kier molecular flexibility index (Phi) is 7.33. The van der Waals surface area contributed by atoms with Crippen LogP contribution in [0, 0.1) is 0 Å². The smallest absolute Gasteiger partial charge is 0.407 e. The molecule has 0 heterocycles. The van der Waals surface area contributed by atoms with Crippen LogP contribution < -0.4 is 15.8 Å². The highest BCUT2D eigenvalue weighted by atomic mass is 16.5. The molecule has 0 saturated heterocycles. The molecule has 0 fully saturated rings. The fraction of sp³-hybridized carbons (Fsp3) is 0.259. The van der Waals surface area contributed by atoms with Crippen molar-refractivity contribution >= 4 is 12.0 Å². The lowest BCUT2D eigenvalue weighted by molar-refractivity contribution is 0.0132. The Morgan fingerprint density at radius 3 is 2.23 bits per heavy atom. The fourth-order valence-electron chi connectivity index (χ4n) is 4.47. The van der Waals surface area contributed by atoms with Crippen LogP contribution in [-0.2, 0) is 4.74 Å². The molecule has 35 heavy (non-hydrogen) atoms. The number of ether oxygens (including phenoxy) is 2. The first-order chi connectivity index (χ1) is 16.9. The van der Waals surface area contributed by atoms with Gasteiger partial charge >= 0.3 is 6.09 Å². The standard InChI is InChI=1S/C27H28N2O6/c1-34-16-10-11-21(22(14-16)26(28)32)25(31)24(30)12-13-29-27(33)35-15-23-19-8-4-2-6-17(19)18-7-3-5-9-20(18)23/h2-11,14,23-25,30-31H,12-13,15H2,1H3,(H2,28,32)(H,29,33). The molecule has 8 heteroatoms. The third-order valence-electron chi connectivity index (χ3n) is 6.26. The summed E-state index contributed by atoms with van der Waals surface area (Å²) in [5.74, 6) is -0.397. The summed E-state index contributed by atoms with van der Waals surface area (Å²) in [5.41, 5.74) is 10.2. The van der Waals surface area contributed by atoms with Crippen LogP contribution in [0.15, 0.2) is 66.7 Å². The van der Waals surface area contributed by atoms with Crippen molar-refractivity contribution in [1.29, 1.82) is 0 Å². The molecule has 4 rings (SSSR count). The molecule has 182 valence electrons. The van der Waals surface area contributed by atoms with Crippen molar-refractivity contribution in [2.45, 2.75) is 24.5 Å². The quantitative estimate of drug-likeness (QED) is 0.375. The van der Waals surface area contributed by atoms with Gasteiger partial charge < -0.3 is 30.7 Å². The minimum atomic E-state index is -1.37. The maximum Gasteiger partial charge on any atom is 0.407 e. The van der Waals surface area contributed by atoms with Crippen LogP contribution >= 0.6 is 0 Å². The maximum absolute atomic E-state index is 12.3. The Morgan fingerprint density at radius 1 is 1.00 bits per heavy atom.